The van der Waals surface area contributed by atoms with E-state index in [0.29, 0.717) is 35.3 Å². The number of rotatable bonds is 7. The lowest BCUT2D eigenvalue weighted by molar-refractivity contribution is 0.102. The molecular weight excluding hydrogens is 404 g/mol. The highest BCUT2D eigenvalue weighted by molar-refractivity contribution is 6.16. The lowest BCUT2D eigenvalue weighted by Crippen LogP contribution is -2.49. The van der Waals surface area contributed by atoms with Gasteiger partial charge in [-0.25, -0.2) is 14.7 Å². The Bertz CT molecular complexity index is 950. The van der Waals surface area contributed by atoms with Crippen LogP contribution >= 0.6 is 0 Å². The lowest BCUT2D eigenvalue weighted by atomic mass is 10.0. The van der Waals surface area contributed by atoms with Crippen molar-refractivity contribution < 1.29 is 9.59 Å². The quantitative estimate of drug-likeness (QED) is 0.579. The number of carbonyl (C=O) groups excluding carboxylic acids is 2. The predicted octanol–water partition coefficient (Wildman–Crippen LogP) is 3.35. The summed E-state index contributed by atoms with van der Waals surface area (Å²) in [4.78, 5) is 34.4. The Morgan fingerprint density at radius 2 is 2.06 bits per heavy atom. The first-order valence-electron chi connectivity index (χ1n) is 11.6. The number of nitrogens with one attached hydrogen (secondary N) is 3. The summed E-state index contributed by atoms with van der Waals surface area (Å²) in [5, 5.41) is 9.46. The number of fused-ring (bicyclic) bond motifs is 2. The van der Waals surface area contributed by atoms with Gasteiger partial charge in [-0.15, -0.1) is 0 Å². The molecule has 1 atom stereocenters. The second kappa shape index (κ2) is 10.6. The van der Waals surface area contributed by atoms with Gasteiger partial charge in [-0.1, -0.05) is 25.5 Å². The Morgan fingerprint density at radius 3 is 2.94 bits per heavy atom. The molecule has 170 valence electrons. The molecule has 2 aliphatic rings. The Morgan fingerprint density at radius 1 is 1.19 bits per heavy atom. The number of pyridine rings is 1. The molecule has 0 bridgehead atoms. The zero-order valence-electron chi connectivity index (χ0n) is 18.6. The average Bonchev–Trinajstić information content (AvgIpc) is 2.94. The summed E-state index contributed by atoms with van der Waals surface area (Å²) in [6.07, 6.45) is 6.40. The Balaban J connectivity index is 1.46. The lowest BCUT2D eigenvalue weighted by Gasteiger charge is -2.36. The molecule has 8 nitrogen and oxygen atoms in total. The largest absolute Gasteiger partial charge is 0.336 e. The third-order valence-electron chi connectivity index (χ3n) is 6.07. The van der Waals surface area contributed by atoms with Gasteiger partial charge >= 0.3 is 6.03 Å². The van der Waals surface area contributed by atoms with Gasteiger partial charge in [0.05, 0.1) is 16.9 Å². The molecule has 3 N–H and O–H groups in total. The number of nitrogens with zero attached hydrogens (tertiary/aromatic N) is 3. The van der Waals surface area contributed by atoms with Crippen molar-refractivity contribution in [2.75, 3.05) is 42.9 Å². The number of para-hydroxylation sites is 1. The van der Waals surface area contributed by atoms with Crippen LogP contribution in [0.3, 0.4) is 0 Å². The fraction of sp³-hybridized carbons (Fsp3) is 0.458. The van der Waals surface area contributed by atoms with Crippen molar-refractivity contribution in [3.63, 3.8) is 0 Å². The SMILES string of the molecule is CCCNCC1CCCCN1CCNC(=O)N1c2ccccc2C(=O)Nc2cccnc21. The Hall–Kier alpha value is -2.97. The van der Waals surface area contributed by atoms with E-state index in [4.69, 9.17) is 0 Å². The number of likely N-dealkylation sites (tertiary alicyclic amines) is 1. The Labute approximate surface area is 189 Å². The maximum Gasteiger partial charge on any atom is 0.327 e. The highest BCUT2D eigenvalue weighted by Crippen LogP contribution is 2.35. The van der Waals surface area contributed by atoms with E-state index in [1.807, 2.05) is 6.07 Å². The van der Waals surface area contributed by atoms with Gasteiger partial charge in [-0.05, 0) is 56.6 Å². The molecule has 1 aromatic heterocycles. The predicted molar refractivity (Wildman–Crippen MR) is 127 cm³/mol. The molecule has 0 radical (unpaired) electrons. The first-order chi connectivity index (χ1) is 15.7. The summed E-state index contributed by atoms with van der Waals surface area (Å²) < 4.78 is 0. The van der Waals surface area contributed by atoms with Crippen molar-refractivity contribution in [1.82, 2.24) is 20.5 Å². The third kappa shape index (κ3) is 4.92. The molecule has 2 aliphatic heterocycles. The van der Waals surface area contributed by atoms with Crippen molar-refractivity contribution in [3.8, 4) is 0 Å². The van der Waals surface area contributed by atoms with Crippen molar-refractivity contribution in [3.05, 3.63) is 48.2 Å². The van der Waals surface area contributed by atoms with Crippen LogP contribution in [-0.2, 0) is 0 Å². The molecule has 8 heteroatoms. The fourth-order valence-corrected chi connectivity index (χ4v) is 4.46. The molecule has 0 saturated carbocycles. The van der Waals surface area contributed by atoms with Crippen molar-refractivity contribution in [2.45, 2.75) is 38.6 Å². The van der Waals surface area contributed by atoms with Crippen LogP contribution in [0.2, 0.25) is 0 Å². The highest BCUT2D eigenvalue weighted by Gasteiger charge is 2.30. The number of hydrogen-bond acceptors (Lipinski definition) is 5. The highest BCUT2D eigenvalue weighted by atomic mass is 16.2. The normalized spacial score (nSPS) is 18.3. The van der Waals surface area contributed by atoms with Crippen molar-refractivity contribution >= 4 is 29.1 Å². The van der Waals surface area contributed by atoms with E-state index >= 15 is 0 Å². The topological polar surface area (TPSA) is 89.6 Å². The number of benzene rings is 1. The molecule has 2 aromatic rings. The maximum absolute atomic E-state index is 13.3. The van der Waals surface area contributed by atoms with Gasteiger partial charge in [0.1, 0.15) is 0 Å². The monoisotopic (exact) mass is 436 g/mol. The number of urea groups is 1. The Kier molecular flexibility index (Phi) is 7.34. The van der Waals surface area contributed by atoms with E-state index in [9.17, 15) is 9.59 Å². The van der Waals surface area contributed by atoms with Gasteiger partial charge in [-0.2, -0.15) is 0 Å². The fourth-order valence-electron chi connectivity index (χ4n) is 4.46. The molecule has 32 heavy (non-hydrogen) atoms. The number of carbonyl (C=O) groups is 2. The zero-order chi connectivity index (χ0) is 22.3. The van der Waals surface area contributed by atoms with Gasteiger partial charge < -0.3 is 16.0 Å². The number of anilines is 3. The minimum atomic E-state index is -0.286. The number of hydrogen-bond donors (Lipinski definition) is 3. The van der Waals surface area contributed by atoms with Gasteiger partial charge in [0.15, 0.2) is 5.82 Å². The molecule has 4 rings (SSSR count). The average molecular weight is 437 g/mol. The minimum absolute atomic E-state index is 0.249. The van der Waals surface area contributed by atoms with E-state index in [1.165, 1.54) is 24.2 Å². The standard InChI is InChI=1S/C24H32N6O2/c1-2-12-25-17-18-8-5-6-15-29(18)16-14-27-24(32)30-21-11-4-3-9-19(21)23(31)28-20-10-7-13-26-22(20)30/h3-4,7,9-11,13,18,25H,2,5-6,8,12,14-17H2,1H3,(H,27,32)(H,28,31). The van der Waals surface area contributed by atoms with E-state index in [-0.39, 0.29) is 11.9 Å². The van der Waals surface area contributed by atoms with Gasteiger partial charge in [0.25, 0.3) is 5.91 Å². The van der Waals surface area contributed by atoms with Crippen molar-refractivity contribution in [2.24, 2.45) is 0 Å². The summed E-state index contributed by atoms with van der Waals surface area (Å²) in [5.74, 6) is 0.170. The summed E-state index contributed by atoms with van der Waals surface area (Å²) in [7, 11) is 0. The molecular formula is C24H32N6O2. The maximum atomic E-state index is 13.3. The zero-order valence-corrected chi connectivity index (χ0v) is 18.6. The number of amides is 3. The molecule has 1 unspecified atom stereocenters. The van der Waals surface area contributed by atoms with E-state index < -0.39 is 0 Å². The summed E-state index contributed by atoms with van der Waals surface area (Å²) in [6.45, 7) is 6.60. The van der Waals surface area contributed by atoms with Crippen molar-refractivity contribution in [1.29, 1.82) is 0 Å². The van der Waals surface area contributed by atoms with Gasteiger partial charge in [0.2, 0.25) is 0 Å². The second-order valence-corrected chi connectivity index (χ2v) is 8.30. The summed E-state index contributed by atoms with van der Waals surface area (Å²) >= 11 is 0. The number of aromatic nitrogens is 1. The van der Waals surface area contributed by atoms with Crippen LogP contribution in [0.5, 0.6) is 0 Å². The molecule has 3 amide bonds. The molecule has 3 heterocycles. The minimum Gasteiger partial charge on any atom is -0.336 e. The van der Waals surface area contributed by atoms with Crippen LogP contribution in [-0.4, -0.2) is 60.6 Å². The van der Waals surface area contributed by atoms with E-state index in [2.05, 4.69) is 32.8 Å². The van der Waals surface area contributed by atoms with E-state index in [0.717, 1.165) is 32.6 Å². The second-order valence-electron chi connectivity index (χ2n) is 8.30. The van der Waals surface area contributed by atoms with Crippen LogP contribution in [0.1, 0.15) is 43.0 Å². The molecule has 1 aromatic carbocycles. The van der Waals surface area contributed by atoms with Crippen LogP contribution < -0.4 is 20.9 Å². The van der Waals surface area contributed by atoms with Gasteiger partial charge in [-0.3, -0.25) is 9.69 Å². The molecule has 0 aliphatic carbocycles. The summed E-state index contributed by atoms with van der Waals surface area (Å²) in [5.41, 5.74) is 1.49. The smallest absolute Gasteiger partial charge is 0.327 e. The molecule has 1 saturated heterocycles. The third-order valence-corrected chi connectivity index (χ3v) is 6.07. The van der Waals surface area contributed by atoms with Crippen LogP contribution in [0.25, 0.3) is 0 Å². The first kappa shape index (κ1) is 22.2. The van der Waals surface area contributed by atoms with Crippen LogP contribution in [0.4, 0.5) is 22.0 Å². The molecule has 1 fully saturated rings. The number of piperidine rings is 1. The molecule has 0 spiro atoms. The first-order valence-corrected chi connectivity index (χ1v) is 11.6. The summed E-state index contributed by atoms with van der Waals surface area (Å²) in [6, 6.07) is 10.8. The van der Waals surface area contributed by atoms with Crippen LogP contribution in [0, 0.1) is 0 Å². The van der Waals surface area contributed by atoms with Gasteiger partial charge in [0, 0.05) is 31.9 Å². The van der Waals surface area contributed by atoms with E-state index in [1.54, 1.807) is 36.5 Å². The van der Waals surface area contributed by atoms with Crippen LogP contribution in [0.15, 0.2) is 42.6 Å².